The maximum absolute atomic E-state index is 11.7. The fourth-order valence-corrected chi connectivity index (χ4v) is 2.24. The molecule has 6 heteroatoms. The van der Waals surface area contributed by atoms with Gasteiger partial charge in [-0.3, -0.25) is 0 Å². The number of rotatable bonds is 6. The van der Waals surface area contributed by atoms with E-state index in [-0.39, 0.29) is 4.90 Å². The van der Waals surface area contributed by atoms with Gasteiger partial charge in [-0.25, -0.2) is 19.0 Å². The molecule has 0 bridgehead atoms. The molecule has 16 heavy (non-hydrogen) atoms. The standard InChI is InChI=1S/C10H16N2O3S/c1-9-3-5-10(6-4-9)16(13,14)12-7-2-8-15-11/h3-6,12H,2,7-8,11H2,1H3. The topological polar surface area (TPSA) is 81.4 Å². The molecule has 0 aliphatic rings. The summed E-state index contributed by atoms with van der Waals surface area (Å²) in [5.74, 6) is 4.83. The summed E-state index contributed by atoms with van der Waals surface area (Å²) in [7, 11) is -3.40. The second-order valence-electron chi connectivity index (χ2n) is 3.44. The van der Waals surface area contributed by atoms with Crippen molar-refractivity contribution in [2.45, 2.75) is 18.2 Å². The highest BCUT2D eigenvalue weighted by molar-refractivity contribution is 7.89. The molecule has 1 aromatic carbocycles. The largest absolute Gasteiger partial charge is 0.305 e. The van der Waals surface area contributed by atoms with Gasteiger partial charge in [0.05, 0.1) is 11.5 Å². The van der Waals surface area contributed by atoms with Crippen LogP contribution < -0.4 is 10.6 Å². The van der Waals surface area contributed by atoms with Crippen LogP contribution in [0.4, 0.5) is 0 Å². The highest BCUT2D eigenvalue weighted by atomic mass is 32.2. The molecule has 0 saturated heterocycles. The Kier molecular flexibility index (Phi) is 4.88. The Bertz CT molecular complexity index is 414. The van der Waals surface area contributed by atoms with Crippen molar-refractivity contribution >= 4 is 10.0 Å². The molecule has 0 spiro atoms. The highest BCUT2D eigenvalue weighted by Gasteiger charge is 2.12. The third kappa shape index (κ3) is 3.90. The smallest absolute Gasteiger partial charge is 0.240 e. The van der Waals surface area contributed by atoms with E-state index >= 15 is 0 Å². The van der Waals surface area contributed by atoms with E-state index in [2.05, 4.69) is 9.56 Å². The number of sulfonamides is 1. The van der Waals surface area contributed by atoms with Crippen LogP contribution in [0.1, 0.15) is 12.0 Å². The molecule has 0 heterocycles. The normalized spacial score (nSPS) is 11.6. The van der Waals surface area contributed by atoms with E-state index in [9.17, 15) is 8.42 Å². The first-order chi connectivity index (χ1) is 7.56. The molecule has 0 amide bonds. The summed E-state index contributed by atoms with van der Waals surface area (Å²) in [6, 6.07) is 6.68. The minimum Gasteiger partial charge on any atom is -0.305 e. The SMILES string of the molecule is Cc1ccc(S(=O)(=O)NCCCON)cc1. The van der Waals surface area contributed by atoms with Crippen molar-refractivity contribution in [2.24, 2.45) is 5.90 Å². The van der Waals surface area contributed by atoms with Gasteiger partial charge in [-0.2, -0.15) is 0 Å². The fourth-order valence-electron chi connectivity index (χ4n) is 1.16. The number of benzene rings is 1. The Morgan fingerprint density at radius 2 is 1.94 bits per heavy atom. The van der Waals surface area contributed by atoms with Crippen molar-refractivity contribution in [1.29, 1.82) is 0 Å². The second-order valence-corrected chi connectivity index (χ2v) is 5.20. The first-order valence-corrected chi connectivity index (χ1v) is 6.42. The van der Waals surface area contributed by atoms with Crippen molar-refractivity contribution in [3.05, 3.63) is 29.8 Å². The van der Waals surface area contributed by atoms with Crippen molar-refractivity contribution in [3.8, 4) is 0 Å². The summed E-state index contributed by atoms with van der Waals surface area (Å²) in [5.41, 5.74) is 1.02. The highest BCUT2D eigenvalue weighted by Crippen LogP contribution is 2.09. The predicted molar refractivity (Wildman–Crippen MR) is 61.1 cm³/mol. The van der Waals surface area contributed by atoms with Gasteiger partial charge < -0.3 is 4.84 Å². The first kappa shape index (κ1) is 13.1. The maximum Gasteiger partial charge on any atom is 0.240 e. The number of hydrogen-bond acceptors (Lipinski definition) is 4. The maximum atomic E-state index is 11.7. The van der Waals surface area contributed by atoms with E-state index < -0.39 is 10.0 Å². The molecule has 0 unspecified atom stereocenters. The van der Waals surface area contributed by atoms with Crippen LogP contribution in [0.25, 0.3) is 0 Å². The molecule has 5 nitrogen and oxygen atoms in total. The average Bonchev–Trinajstić information content (AvgIpc) is 2.25. The Hall–Kier alpha value is -0.950. The minimum absolute atomic E-state index is 0.270. The van der Waals surface area contributed by atoms with E-state index in [0.717, 1.165) is 5.56 Å². The van der Waals surface area contributed by atoms with Crippen molar-refractivity contribution < 1.29 is 13.3 Å². The third-order valence-corrected chi connectivity index (χ3v) is 3.54. The molecular formula is C10H16N2O3S. The van der Waals surface area contributed by atoms with Gasteiger partial charge in [0.15, 0.2) is 0 Å². The van der Waals surface area contributed by atoms with Gasteiger partial charge in [0.2, 0.25) is 10.0 Å². The van der Waals surface area contributed by atoms with E-state index in [1.54, 1.807) is 24.3 Å². The van der Waals surface area contributed by atoms with Gasteiger partial charge in [0.25, 0.3) is 0 Å². The van der Waals surface area contributed by atoms with Crippen LogP contribution >= 0.6 is 0 Å². The van der Waals surface area contributed by atoms with Gasteiger partial charge in [-0.05, 0) is 25.5 Å². The molecule has 0 aliphatic heterocycles. The molecule has 1 rings (SSSR count). The molecule has 0 aliphatic carbocycles. The van der Waals surface area contributed by atoms with E-state index in [1.807, 2.05) is 6.92 Å². The molecule has 0 aromatic heterocycles. The molecule has 1 aromatic rings. The van der Waals surface area contributed by atoms with Crippen LogP contribution in [-0.4, -0.2) is 21.6 Å². The zero-order valence-corrected chi connectivity index (χ0v) is 9.96. The van der Waals surface area contributed by atoms with Crippen LogP contribution in [0.15, 0.2) is 29.2 Å². The van der Waals surface area contributed by atoms with Gasteiger partial charge in [0.1, 0.15) is 0 Å². The van der Waals surface area contributed by atoms with Gasteiger partial charge in [0, 0.05) is 6.54 Å². The molecule has 3 N–H and O–H groups in total. The van der Waals surface area contributed by atoms with Crippen molar-refractivity contribution in [3.63, 3.8) is 0 Å². The summed E-state index contributed by atoms with van der Waals surface area (Å²) < 4.78 is 25.9. The fraction of sp³-hybridized carbons (Fsp3) is 0.400. The predicted octanol–water partition coefficient (Wildman–Crippen LogP) is 0.554. The van der Waals surface area contributed by atoms with E-state index in [0.29, 0.717) is 19.6 Å². The van der Waals surface area contributed by atoms with Gasteiger partial charge in [-0.15, -0.1) is 0 Å². The van der Waals surface area contributed by atoms with Gasteiger partial charge >= 0.3 is 0 Å². The Morgan fingerprint density at radius 1 is 1.31 bits per heavy atom. The molecule has 0 saturated carbocycles. The van der Waals surface area contributed by atoms with Crippen LogP contribution in [0, 0.1) is 6.92 Å². The zero-order valence-electron chi connectivity index (χ0n) is 9.14. The number of hydrogen-bond donors (Lipinski definition) is 2. The lowest BCUT2D eigenvalue weighted by molar-refractivity contribution is 0.136. The summed E-state index contributed by atoms with van der Waals surface area (Å²) in [5, 5.41) is 0. The summed E-state index contributed by atoms with van der Waals surface area (Å²) in [4.78, 5) is 4.61. The quantitative estimate of drug-likeness (QED) is 0.565. The Balaban J connectivity index is 2.60. The van der Waals surface area contributed by atoms with E-state index in [4.69, 9.17) is 5.90 Å². The lowest BCUT2D eigenvalue weighted by Gasteiger charge is -2.06. The Labute approximate surface area is 95.6 Å². The zero-order chi connectivity index (χ0) is 12.0. The lowest BCUT2D eigenvalue weighted by atomic mass is 10.2. The monoisotopic (exact) mass is 244 g/mol. The Morgan fingerprint density at radius 3 is 2.50 bits per heavy atom. The van der Waals surface area contributed by atoms with Crippen LogP contribution in [-0.2, 0) is 14.9 Å². The van der Waals surface area contributed by atoms with Crippen LogP contribution in [0.5, 0.6) is 0 Å². The number of nitrogens with one attached hydrogen (secondary N) is 1. The average molecular weight is 244 g/mol. The number of aryl methyl sites for hydroxylation is 1. The summed E-state index contributed by atoms with van der Waals surface area (Å²) in [6.07, 6.45) is 0.543. The van der Waals surface area contributed by atoms with Gasteiger partial charge in [-0.1, -0.05) is 17.7 Å². The van der Waals surface area contributed by atoms with Crippen molar-refractivity contribution in [1.82, 2.24) is 4.72 Å². The second kappa shape index (κ2) is 5.95. The lowest BCUT2D eigenvalue weighted by Crippen LogP contribution is -2.25. The molecule has 0 atom stereocenters. The molecule has 0 fully saturated rings. The molecular weight excluding hydrogens is 228 g/mol. The van der Waals surface area contributed by atoms with E-state index in [1.165, 1.54) is 0 Å². The van der Waals surface area contributed by atoms with Crippen molar-refractivity contribution in [2.75, 3.05) is 13.2 Å². The minimum atomic E-state index is -3.40. The summed E-state index contributed by atoms with van der Waals surface area (Å²) >= 11 is 0. The third-order valence-electron chi connectivity index (χ3n) is 2.06. The van der Waals surface area contributed by atoms with Crippen LogP contribution in [0.3, 0.4) is 0 Å². The number of nitrogens with two attached hydrogens (primary N) is 1. The molecule has 0 radical (unpaired) electrons. The summed E-state index contributed by atoms with van der Waals surface area (Å²) in [6.45, 7) is 2.55. The first-order valence-electron chi connectivity index (χ1n) is 4.94. The van der Waals surface area contributed by atoms with Crippen LogP contribution in [0.2, 0.25) is 0 Å². The molecule has 90 valence electrons.